The fourth-order valence-corrected chi connectivity index (χ4v) is 4.87. The average Bonchev–Trinajstić information content (AvgIpc) is 2.68. The van der Waals surface area contributed by atoms with Gasteiger partial charge in [-0.05, 0) is 42.0 Å². The molecule has 0 saturated carbocycles. The van der Waals surface area contributed by atoms with Crippen molar-refractivity contribution in [2.24, 2.45) is 0 Å². The average molecular weight is 462 g/mol. The summed E-state index contributed by atoms with van der Waals surface area (Å²) >= 11 is 3.34. The standard InChI is InChI=1S/C20H17BrNO5P/c21-17-13-11-16(12-14-17)20(15-22(23)24)28(25,26-18-7-3-1-4-8-18)27-19-9-5-2-6-10-19/h1-14,20H,15H2/t20-/m1/s1. The van der Waals surface area contributed by atoms with Crippen LogP contribution in [0.25, 0.3) is 0 Å². The van der Waals surface area contributed by atoms with Gasteiger partial charge in [0.15, 0.2) is 5.66 Å². The van der Waals surface area contributed by atoms with Gasteiger partial charge in [0, 0.05) is 9.40 Å². The highest BCUT2D eigenvalue weighted by atomic mass is 79.9. The fourth-order valence-electron chi connectivity index (χ4n) is 2.62. The zero-order chi connectivity index (χ0) is 20.0. The molecule has 0 N–H and O–H groups in total. The van der Waals surface area contributed by atoms with Crippen molar-refractivity contribution in [2.75, 3.05) is 6.54 Å². The van der Waals surface area contributed by atoms with E-state index in [0.717, 1.165) is 4.47 Å². The van der Waals surface area contributed by atoms with Crippen LogP contribution in [0, 0.1) is 10.1 Å². The molecule has 0 aliphatic heterocycles. The molecule has 3 aromatic carbocycles. The van der Waals surface area contributed by atoms with E-state index in [0.29, 0.717) is 17.1 Å². The zero-order valence-corrected chi connectivity index (χ0v) is 17.2. The summed E-state index contributed by atoms with van der Waals surface area (Å²) in [5.74, 6) is 0.624. The number of para-hydroxylation sites is 2. The molecule has 0 heterocycles. The van der Waals surface area contributed by atoms with Crippen LogP contribution in [0.1, 0.15) is 11.2 Å². The monoisotopic (exact) mass is 461 g/mol. The largest absolute Gasteiger partial charge is 0.444 e. The number of nitrogens with zero attached hydrogens (tertiary/aromatic N) is 1. The molecule has 0 spiro atoms. The van der Waals surface area contributed by atoms with E-state index in [2.05, 4.69) is 15.9 Å². The SMILES string of the molecule is O=[N+]([O-])C[C@H](c1ccc(Br)cc1)P(=O)(Oc1ccccc1)Oc1ccccc1. The minimum absolute atomic E-state index is 0.312. The second kappa shape index (κ2) is 9.04. The molecule has 28 heavy (non-hydrogen) atoms. The topological polar surface area (TPSA) is 78.7 Å². The molecule has 3 aromatic rings. The molecule has 0 amide bonds. The van der Waals surface area contributed by atoms with Crippen molar-refractivity contribution in [3.8, 4) is 11.5 Å². The minimum atomic E-state index is -4.02. The highest BCUT2D eigenvalue weighted by Crippen LogP contribution is 2.60. The Morgan fingerprint density at radius 3 is 1.75 bits per heavy atom. The lowest BCUT2D eigenvalue weighted by molar-refractivity contribution is -0.480. The predicted molar refractivity (Wildman–Crippen MR) is 110 cm³/mol. The van der Waals surface area contributed by atoms with Gasteiger partial charge < -0.3 is 9.05 Å². The summed E-state index contributed by atoms with van der Waals surface area (Å²) < 4.78 is 26.3. The molecule has 0 radical (unpaired) electrons. The first kappa shape index (κ1) is 20.1. The molecule has 6 nitrogen and oxygen atoms in total. The quantitative estimate of drug-likeness (QED) is 0.229. The van der Waals surface area contributed by atoms with E-state index in [9.17, 15) is 14.7 Å². The highest BCUT2D eigenvalue weighted by molar-refractivity contribution is 9.10. The van der Waals surface area contributed by atoms with Crippen LogP contribution in [0.5, 0.6) is 11.5 Å². The first-order chi connectivity index (χ1) is 13.5. The molecule has 1 atom stereocenters. The Hall–Kier alpha value is -2.63. The van der Waals surface area contributed by atoms with Crippen molar-refractivity contribution in [2.45, 2.75) is 5.66 Å². The molecule has 0 unspecified atom stereocenters. The summed E-state index contributed by atoms with van der Waals surface area (Å²) in [5, 5.41) is 11.4. The van der Waals surface area contributed by atoms with Crippen molar-refractivity contribution in [1.29, 1.82) is 0 Å². The molecule has 0 aliphatic carbocycles. The summed E-state index contributed by atoms with van der Waals surface area (Å²) in [6, 6.07) is 23.8. The van der Waals surface area contributed by atoms with Crippen LogP contribution in [0.15, 0.2) is 89.4 Å². The van der Waals surface area contributed by atoms with Gasteiger partial charge in [0.2, 0.25) is 6.54 Å². The van der Waals surface area contributed by atoms with Gasteiger partial charge in [-0.25, -0.2) is 4.57 Å². The lowest BCUT2D eigenvalue weighted by Gasteiger charge is -2.25. The molecule has 0 fully saturated rings. The fraction of sp³-hybridized carbons (Fsp3) is 0.100. The Kier molecular flexibility index (Phi) is 6.49. The second-order valence-electron chi connectivity index (χ2n) is 5.93. The molecule has 144 valence electrons. The number of halogens is 1. The summed E-state index contributed by atoms with van der Waals surface area (Å²) in [6.07, 6.45) is 0. The predicted octanol–water partition coefficient (Wildman–Crippen LogP) is 6.12. The number of nitro groups is 1. The summed E-state index contributed by atoms with van der Waals surface area (Å²) in [5.41, 5.74) is -0.592. The first-order valence-corrected chi connectivity index (χ1v) is 10.8. The third-order valence-electron chi connectivity index (χ3n) is 3.91. The maximum absolute atomic E-state index is 13.9. The molecule has 0 aliphatic rings. The lowest BCUT2D eigenvalue weighted by atomic mass is 10.1. The van der Waals surface area contributed by atoms with Gasteiger partial charge in [-0.1, -0.05) is 64.5 Å². The maximum Gasteiger partial charge on any atom is 0.444 e. The summed E-state index contributed by atoms with van der Waals surface area (Å²) in [7, 11) is -4.02. The van der Waals surface area contributed by atoms with Crippen LogP contribution < -0.4 is 9.05 Å². The van der Waals surface area contributed by atoms with Crippen molar-refractivity contribution in [1.82, 2.24) is 0 Å². The molecule has 8 heteroatoms. The van der Waals surface area contributed by atoms with Gasteiger partial charge in [0.05, 0.1) is 0 Å². The molecule has 0 bridgehead atoms. The third-order valence-corrected chi connectivity index (χ3v) is 6.59. The van der Waals surface area contributed by atoms with E-state index in [-0.39, 0.29) is 0 Å². The third kappa shape index (κ3) is 5.21. The Bertz CT molecular complexity index is 921. The van der Waals surface area contributed by atoms with Crippen molar-refractivity contribution in [3.05, 3.63) is 105 Å². The van der Waals surface area contributed by atoms with Gasteiger partial charge in [-0.3, -0.25) is 10.1 Å². The Labute approximate surface area is 170 Å². The van der Waals surface area contributed by atoms with E-state index in [1.807, 2.05) is 0 Å². The van der Waals surface area contributed by atoms with Gasteiger partial charge in [0.25, 0.3) is 0 Å². The second-order valence-corrected chi connectivity index (χ2v) is 8.92. The van der Waals surface area contributed by atoms with Crippen molar-refractivity contribution >= 4 is 23.5 Å². The summed E-state index contributed by atoms with van der Waals surface area (Å²) in [6.45, 7) is -0.599. The van der Waals surface area contributed by atoms with Crippen LogP contribution in [0.2, 0.25) is 0 Å². The van der Waals surface area contributed by atoms with Crippen LogP contribution in [-0.2, 0) is 4.57 Å². The number of hydrogen-bond acceptors (Lipinski definition) is 5. The van der Waals surface area contributed by atoms with Crippen molar-refractivity contribution in [3.63, 3.8) is 0 Å². The van der Waals surface area contributed by atoms with Crippen LogP contribution in [0.3, 0.4) is 0 Å². The number of benzene rings is 3. The maximum atomic E-state index is 13.9. The van der Waals surface area contributed by atoms with E-state index < -0.39 is 24.7 Å². The van der Waals surface area contributed by atoms with Crippen LogP contribution in [-0.4, -0.2) is 11.5 Å². The minimum Gasteiger partial charge on any atom is -0.415 e. The normalized spacial score (nSPS) is 12.2. The van der Waals surface area contributed by atoms with Gasteiger partial charge in [0.1, 0.15) is 11.5 Å². The van der Waals surface area contributed by atoms with Gasteiger partial charge in [-0.2, -0.15) is 0 Å². The molecule has 3 rings (SSSR count). The number of rotatable bonds is 8. The van der Waals surface area contributed by atoms with E-state index in [1.165, 1.54) is 0 Å². The first-order valence-electron chi connectivity index (χ1n) is 8.42. The molecule has 0 aromatic heterocycles. The Balaban J connectivity index is 2.06. The van der Waals surface area contributed by atoms with E-state index in [1.54, 1.807) is 84.9 Å². The van der Waals surface area contributed by atoms with E-state index >= 15 is 0 Å². The van der Waals surface area contributed by atoms with Crippen molar-refractivity contribution < 1.29 is 18.5 Å². The van der Waals surface area contributed by atoms with Crippen LogP contribution >= 0.6 is 23.5 Å². The lowest BCUT2D eigenvalue weighted by Crippen LogP contribution is -2.18. The summed E-state index contributed by atoms with van der Waals surface area (Å²) in [4.78, 5) is 10.9. The molecular weight excluding hydrogens is 445 g/mol. The highest BCUT2D eigenvalue weighted by Gasteiger charge is 2.44. The smallest absolute Gasteiger partial charge is 0.415 e. The van der Waals surface area contributed by atoms with Crippen LogP contribution in [0.4, 0.5) is 0 Å². The Morgan fingerprint density at radius 2 is 1.32 bits per heavy atom. The van der Waals surface area contributed by atoms with E-state index in [4.69, 9.17) is 9.05 Å². The molecular formula is C20H17BrNO5P. The number of hydrogen-bond donors (Lipinski definition) is 0. The molecule has 0 saturated heterocycles. The van der Waals surface area contributed by atoms with Gasteiger partial charge in [-0.15, -0.1) is 0 Å². The zero-order valence-electron chi connectivity index (χ0n) is 14.7. The van der Waals surface area contributed by atoms with Gasteiger partial charge >= 0.3 is 7.60 Å². The Morgan fingerprint density at radius 1 is 0.857 bits per heavy atom.